The third kappa shape index (κ3) is 4.72. The first-order chi connectivity index (χ1) is 11.8. The number of amides is 1. The molecule has 2 rings (SSSR count). The Morgan fingerprint density at radius 3 is 2.40 bits per heavy atom. The summed E-state index contributed by atoms with van der Waals surface area (Å²) in [5, 5.41) is 3.02. The summed E-state index contributed by atoms with van der Waals surface area (Å²) in [6.45, 7) is 10.3. The minimum atomic E-state index is -0.172. The number of aryl methyl sites for hydroxylation is 3. The molecule has 0 spiro atoms. The molecule has 1 N–H and O–H groups in total. The van der Waals surface area contributed by atoms with Crippen LogP contribution in [0.2, 0.25) is 0 Å². The van der Waals surface area contributed by atoms with Gasteiger partial charge in [-0.1, -0.05) is 17.7 Å². The van der Waals surface area contributed by atoms with Crippen molar-refractivity contribution < 1.29 is 9.53 Å². The van der Waals surface area contributed by atoms with E-state index >= 15 is 0 Å². The molecule has 0 aliphatic heterocycles. The highest BCUT2D eigenvalue weighted by atomic mass is 16.5. The molecule has 1 amide bonds. The van der Waals surface area contributed by atoms with Crippen LogP contribution in [0.15, 0.2) is 35.1 Å². The zero-order valence-electron chi connectivity index (χ0n) is 15.6. The molecule has 1 aromatic heterocycles. The standard InChI is InChI=1S/C20H26N2O3/c1-6-25-19-8-7-13(2)9-18(19)16(5)21-20(24)12-22-14(3)10-17(23)11-15(22)4/h7-11,16H,6,12H2,1-5H3,(H,21,24). The number of benzene rings is 1. The van der Waals surface area contributed by atoms with Gasteiger partial charge in [0.1, 0.15) is 12.3 Å². The Morgan fingerprint density at radius 2 is 1.80 bits per heavy atom. The zero-order chi connectivity index (χ0) is 18.6. The van der Waals surface area contributed by atoms with Gasteiger partial charge in [0.05, 0.1) is 12.6 Å². The molecule has 1 atom stereocenters. The number of hydrogen-bond acceptors (Lipinski definition) is 3. The van der Waals surface area contributed by atoms with Gasteiger partial charge in [-0.25, -0.2) is 0 Å². The van der Waals surface area contributed by atoms with Crippen molar-refractivity contribution in [3.63, 3.8) is 0 Å². The quantitative estimate of drug-likeness (QED) is 0.878. The Kier molecular flexibility index (Phi) is 6.02. The van der Waals surface area contributed by atoms with Crippen LogP contribution in [-0.2, 0) is 11.3 Å². The minimum Gasteiger partial charge on any atom is -0.494 e. The van der Waals surface area contributed by atoms with Gasteiger partial charge in [0.2, 0.25) is 5.91 Å². The van der Waals surface area contributed by atoms with Crippen molar-refractivity contribution in [1.29, 1.82) is 0 Å². The minimum absolute atomic E-state index is 0.0406. The third-order valence-electron chi connectivity index (χ3n) is 4.16. The van der Waals surface area contributed by atoms with Crippen molar-refractivity contribution >= 4 is 5.91 Å². The summed E-state index contributed by atoms with van der Waals surface area (Å²) in [4.78, 5) is 24.0. The fraction of sp³-hybridized carbons (Fsp3) is 0.400. The topological polar surface area (TPSA) is 60.3 Å². The Morgan fingerprint density at radius 1 is 1.16 bits per heavy atom. The van der Waals surface area contributed by atoms with E-state index in [1.165, 1.54) is 12.1 Å². The number of ether oxygens (including phenoxy) is 1. The number of pyridine rings is 1. The van der Waals surface area contributed by atoms with Crippen LogP contribution in [0.4, 0.5) is 0 Å². The van der Waals surface area contributed by atoms with Gasteiger partial charge in [-0.3, -0.25) is 9.59 Å². The maximum absolute atomic E-state index is 12.5. The molecule has 0 saturated heterocycles. The molecule has 0 radical (unpaired) electrons. The lowest BCUT2D eigenvalue weighted by atomic mass is 10.0. The largest absolute Gasteiger partial charge is 0.494 e. The molecular formula is C20H26N2O3. The third-order valence-corrected chi connectivity index (χ3v) is 4.16. The van der Waals surface area contributed by atoms with Gasteiger partial charge in [-0.2, -0.15) is 0 Å². The molecule has 0 saturated carbocycles. The number of carbonyl (C=O) groups excluding carboxylic acids is 1. The van der Waals surface area contributed by atoms with E-state index in [0.29, 0.717) is 6.61 Å². The Bertz CT molecular complexity index is 798. The maximum atomic E-state index is 12.5. The van der Waals surface area contributed by atoms with Crippen molar-refractivity contribution in [1.82, 2.24) is 9.88 Å². The SMILES string of the molecule is CCOc1ccc(C)cc1C(C)NC(=O)Cn1c(C)cc(=O)cc1C. The molecule has 5 nitrogen and oxygen atoms in total. The lowest BCUT2D eigenvalue weighted by Gasteiger charge is -2.20. The van der Waals surface area contributed by atoms with Gasteiger partial charge in [-0.15, -0.1) is 0 Å². The molecule has 0 bridgehead atoms. The van der Waals surface area contributed by atoms with Crippen molar-refractivity contribution in [2.24, 2.45) is 0 Å². The van der Waals surface area contributed by atoms with Crippen molar-refractivity contribution in [3.8, 4) is 5.75 Å². The van der Waals surface area contributed by atoms with E-state index in [9.17, 15) is 9.59 Å². The fourth-order valence-electron chi connectivity index (χ4n) is 2.94. The zero-order valence-corrected chi connectivity index (χ0v) is 15.6. The number of carbonyl (C=O) groups is 1. The summed E-state index contributed by atoms with van der Waals surface area (Å²) in [6, 6.07) is 8.87. The molecular weight excluding hydrogens is 316 g/mol. The molecule has 0 fully saturated rings. The summed E-state index contributed by atoms with van der Waals surface area (Å²) in [7, 11) is 0. The number of nitrogens with zero attached hydrogens (tertiary/aromatic N) is 1. The van der Waals surface area contributed by atoms with E-state index in [4.69, 9.17) is 4.74 Å². The van der Waals surface area contributed by atoms with Crippen LogP contribution in [0.1, 0.15) is 42.4 Å². The van der Waals surface area contributed by atoms with E-state index < -0.39 is 0 Å². The predicted molar refractivity (Wildman–Crippen MR) is 99.1 cm³/mol. The first kappa shape index (κ1) is 18.8. The monoisotopic (exact) mass is 342 g/mol. The van der Waals surface area contributed by atoms with Gasteiger partial charge >= 0.3 is 0 Å². The average molecular weight is 342 g/mol. The molecule has 1 unspecified atom stereocenters. The summed E-state index contributed by atoms with van der Waals surface area (Å²) in [5.74, 6) is 0.683. The average Bonchev–Trinajstić information content (AvgIpc) is 2.52. The van der Waals surface area contributed by atoms with Gasteiger partial charge in [-0.05, 0) is 40.7 Å². The van der Waals surface area contributed by atoms with Crippen LogP contribution in [0, 0.1) is 20.8 Å². The van der Waals surface area contributed by atoms with E-state index in [1.807, 2.05) is 57.4 Å². The maximum Gasteiger partial charge on any atom is 0.240 e. The van der Waals surface area contributed by atoms with Crippen molar-refractivity contribution in [2.75, 3.05) is 6.61 Å². The normalized spacial score (nSPS) is 11.9. The Balaban J connectivity index is 2.16. The smallest absolute Gasteiger partial charge is 0.240 e. The van der Waals surface area contributed by atoms with Crippen LogP contribution in [0.5, 0.6) is 5.75 Å². The highest BCUT2D eigenvalue weighted by Crippen LogP contribution is 2.26. The molecule has 0 aliphatic carbocycles. The van der Waals surface area contributed by atoms with Crippen LogP contribution in [0.3, 0.4) is 0 Å². The Hall–Kier alpha value is -2.56. The molecule has 1 aromatic carbocycles. The van der Waals surface area contributed by atoms with Crippen molar-refractivity contribution in [3.05, 3.63) is 63.1 Å². The fourth-order valence-corrected chi connectivity index (χ4v) is 2.94. The lowest BCUT2D eigenvalue weighted by Crippen LogP contribution is -2.31. The van der Waals surface area contributed by atoms with E-state index in [0.717, 1.165) is 28.3 Å². The van der Waals surface area contributed by atoms with Gasteiger partial charge in [0, 0.05) is 29.1 Å². The second-order valence-corrected chi connectivity index (χ2v) is 6.32. The second kappa shape index (κ2) is 8.01. The van der Waals surface area contributed by atoms with Gasteiger partial charge in [0.15, 0.2) is 5.43 Å². The van der Waals surface area contributed by atoms with Crippen LogP contribution in [-0.4, -0.2) is 17.1 Å². The van der Waals surface area contributed by atoms with E-state index in [2.05, 4.69) is 5.32 Å². The number of hydrogen-bond donors (Lipinski definition) is 1. The summed E-state index contributed by atoms with van der Waals surface area (Å²) < 4.78 is 7.51. The van der Waals surface area contributed by atoms with Crippen LogP contribution < -0.4 is 15.5 Å². The van der Waals surface area contributed by atoms with E-state index in [1.54, 1.807) is 0 Å². The first-order valence-electron chi connectivity index (χ1n) is 8.52. The highest BCUT2D eigenvalue weighted by molar-refractivity contribution is 5.76. The number of nitrogens with one attached hydrogen (secondary N) is 1. The predicted octanol–water partition coefficient (Wildman–Crippen LogP) is 3.05. The highest BCUT2D eigenvalue weighted by Gasteiger charge is 2.15. The molecule has 2 aromatic rings. The molecule has 134 valence electrons. The van der Waals surface area contributed by atoms with Gasteiger partial charge in [0.25, 0.3) is 0 Å². The second-order valence-electron chi connectivity index (χ2n) is 6.32. The van der Waals surface area contributed by atoms with E-state index in [-0.39, 0.29) is 23.9 Å². The van der Waals surface area contributed by atoms with Crippen LogP contribution in [0.25, 0.3) is 0 Å². The summed E-state index contributed by atoms with van der Waals surface area (Å²) >= 11 is 0. The molecule has 1 heterocycles. The van der Waals surface area contributed by atoms with Crippen LogP contribution >= 0.6 is 0 Å². The summed E-state index contributed by atoms with van der Waals surface area (Å²) in [5.41, 5.74) is 3.59. The number of rotatable bonds is 6. The van der Waals surface area contributed by atoms with Crippen molar-refractivity contribution in [2.45, 2.75) is 47.2 Å². The molecule has 5 heteroatoms. The Labute approximate surface area is 148 Å². The number of aromatic nitrogens is 1. The summed E-state index contributed by atoms with van der Waals surface area (Å²) in [6.07, 6.45) is 0. The first-order valence-corrected chi connectivity index (χ1v) is 8.52. The lowest BCUT2D eigenvalue weighted by molar-refractivity contribution is -0.122. The molecule has 0 aliphatic rings. The van der Waals surface area contributed by atoms with Gasteiger partial charge < -0.3 is 14.6 Å². The molecule has 25 heavy (non-hydrogen) atoms.